The smallest absolute Gasteiger partial charge is 0.224 e. The van der Waals surface area contributed by atoms with Crippen LogP contribution >= 0.6 is 11.6 Å². The first-order valence-electron chi connectivity index (χ1n) is 8.29. The van der Waals surface area contributed by atoms with Crippen molar-refractivity contribution >= 4 is 29.0 Å². The van der Waals surface area contributed by atoms with Crippen LogP contribution in [0.3, 0.4) is 0 Å². The third-order valence-electron chi connectivity index (χ3n) is 3.83. The normalized spacial score (nSPS) is 10.4. The lowest BCUT2D eigenvalue weighted by molar-refractivity contribution is -0.116. The first kappa shape index (κ1) is 19.0. The lowest BCUT2D eigenvalue weighted by atomic mass is 10.0. The molecule has 0 saturated heterocycles. The highest BCUT2D eigenvalue weighted by Gasteiger charge is 2.12. The maximum Gasteiger partial charge on any atom is 0.224 e. The second-order valence-corrected chi connectivity index (χ2v) is 6.20. The average molecular weight is 360 g/mol. The Bertz CT molecular complexity index is 741. The number of benzene rings is 2. The van der Waals surface area contributed by atoms with Crippen LogP contribution in [-0.4, -0.2) is 18.8 Å². The highest BCUT2D eigenvalue weighted by molar-refractivity contribution is 6.31. The van der Waals surface area contributed by atoms with Gasteiger partial charge in [0.25, 0.3) is 0 Å². The van der Waals surface area contributed by atoms with Crippen LogP contribution in [0, 0.1) is 0 Å². The van der Waals surface area contributed by atoms with Gasteiger partial charge in [-0.15, -0.1) is 0 Å². The lowest BCUT2D eigenvalue weighted by Gasteiger charge is -2.10. The van der Waals surface area contributed by atoms with Gasteiger partial charge >= 0.3 is 0 Å². The van der Waals surface area contributed by atoms with E-state index >= 15 is 0 Å². The number of carbonyl (C=O) groups excluding carboxylic acids is 2. The van der Waals surface area contributed by atoms with Crippen molar-refractivity contribution in [1.29, 1.82) is 0 Å². The second-order valence-electron chi connectivity index (χ2n) is 5.76. The van der Waals surface area contributed by atoms with E-state index in [0.29, 0.717) is 22.0 Å². The summed E-state index contributed by atoms with van der Waals surface area (Å²) in [6, 6.07) is 12.6. The minimum atomic E-state index is -0.253. The van der Waals surface area contributed by atoms with E-state index in [-0.39, 0.29) is 24.5 Å². The molecule has 25 heavy (non-hydrogen) atoms. The summed E-state index contributed by atoms with van der Waals surface area (Å²) >= 11 is 5.94. The molecule has 0 radical (unpaired) electrons. The van der Waals surface area contributed by atoms with E-state index in [0.717, 1.165) is 12.8 Å². The van der Waals surface area contributed by atoms with Gasteiger partial charge in [0.1, 0.15) is 5.75 Å². The standard InChI is InChI=1S/C20H22ClNO3/c1-3-4-14-5-7-15(8-6-14)18(23)10-12-20(24)22-17-13-16(21)9-11-19(17)25-2/h5-9,11,13H,3-4,10,12H2,1-2H3,(H,22,24). The summed E-state index contributed by atoms with van der Waals surface area (Å²) in [7, 11) is 1.52. The molecule has 0 bridgehead atoms. The van der Waals surface area contributed by atoms with Crippen LogP contribution < -0.4 is 10.1 Å². The zero-order valence-electron chi connectivity index (χ0n) is 14.5. The van der Waals surface area contributed by atoms with E-state index in [1.165, 1.54) is 12.7 Å². The van der Waals surface area contributed by atoms with E-state index in [1.807, 2.05) is 24.3 Å². The van der Waals surface area contributed by atoms with Gasteiger partial charge in [0, 0.05) is 23.4 Å². The Morgan fingerprint density at radius 2 is 1.80 bits per heavy atom. The summed E-state index contributed by atoms with van der Waals surface area (Å²) in [5.41, 5.74) is 2.34. The molecule has 2 rings (SSSR count). The molecule has 2 aromatic carbocycles. The maximum absolute atomic E-state index is 12.2. The number of ketones is 1. The van der Waals surface area contributed by atoms with Gasteiger partial charge in [-0.05, 0) is 30.2 Å². The summed E-state index contributed by atoms with van der Waals surface area (Å²) in [6.07, 6.45) is 2.33. The maximum atomic E-state index is 12.2. The molecule has 0 unspecified atom stereocenters. The summed E-state index contributed by atoms with van der Waals surface area (Å²) in [5, 5.41) is 3.23. The molecule has 0 aromatic heterocycles. The van der Waals surface area contributed by atoms with Crippen molar-refractivity contribution < 1.29 is 14.3 Å². The number of halogens is 1. The zero-order chi connectivity index (χ0) is 18.2. The van der Waals surface area contributed by atoms with Crippen LogP contribution in [0.5, 0.6) is 5.75 Å². The molecule has 0 aliphatic heterocycles. The summed E-state index contributed by atoms with van der Waals surface area (Å²) in [6.45, 7) is 2.12. The van der Waals surface area contributed by atoms with Gasteiger partial charge in [-0.1, -0.05) is 49.2 Å². The Hall–Kier alpha value is -2.33. The quantitative estimate of drug-likeness (QED) is 0.682. The molecule has 5 heteroatoms. The number of hydrogen-bond acceptors (Lipinski definition) is 3. The van der Waals surface area contributed by atoms with Crippen LogP contribution in [0.1, 0.15) is 42.1 Å². The van der Waals surface area contributed by atoms with Crippen LogP contribution in [0.15, 0.2) is 42.5 Å². The largest absolute Gasteiger partial charge is 0.495 e. The predicted octanol–water partition coefficient (Wildman–Crippen LogP) is 4.90. The number of Topliss-reactive ketones (excluding diaryl/α,β-unsaturated/α-hetero) is 1. The van der Waals surface area contributed by atoms with Gasteiger partial charge < -0.3 is 10.1 Å². The van der Waals surface area contributed by atoms with Crippen LogP contribution in [-0.2, 0) is 11.2 Å². The summed E-state index contributed by atoms with van der Waals surface area (Å²) in [4.78, 5) is 24.3. The molecule has 0 fully saturated rings. The Morgan fingerprint density at radius 1 is 1.08 bits per heavy atom. The highest BCUT2D eigenvalue weighted by atomic mass is 35.5. The van der Waals surface area contributed by atoms with Gasteiger partial charge in [-0.3, -0.25) is 9.59 Å². The van der Waals surface area contributed by atoms with Gasteiger partial charge in [0.05, 0.1) is 12.8 Å². The number of amides is 1. The molecule has 0 aliphatic rings. The molecule has 1 N–H and O–H groups in total. The Balaban J connectivity index is 1.91. The third-order valence-corrected chi connectivity index (χ3v) is 4.06. The van der Waals surface area contributed by atoms with Crippen molar-refractivity contribution in [2.24, 2.45) is 0 Å². The Morgan fingerprint density at radius 3 is 2.44 bits per heavy atom. The molecular weight excluding hydrogens is 338 g/mol. The summed E-state index contributed by atoms with van der Waals surface area (Å²) in [5.74, 6) is 0.225. The number of aryl methyl sites for hydroxylation is 1. The van der Waals surface area contributed by atoms with Crippen LogP contribution in [0.4, 0.5) is 5.69 Å². The van der Waals surface area contributed by atoms with Gasteiger partial charge in [0.15, 0.2) is 5.78 Å². The number of anilines is 1. The highest BCUT2D eigenvalue weighted by Crippen LogP contribution is 2.27. The Labute approximate surface area is 153 Å². The fourth-order valence-corrected chi connectivity index (χ4v) is 2.68. The van der Waals surface area contributed by atoms with E-state index < -0.39 is 0 Å². The SMILES string of the molecule is CCCc1ccc(C(=O)CCC(=O)Nc2cc(Cl)ccc2OC)cc1. The van der Waals surface area contributed by atoms with E-state index in [1.54, 1.807) is 18.2 Å². The minimum absolute atomic E-state index is 0.0451. The summed E-state index contributed by atoms with van der Waals surface area (Å²) < 4.78 is 5.19. The first-order chi connectivity index (χ1) is 12.0. The third kappa shape index (κ3) is 5.61. The number of carbonyl (C=O) groups is 2. The van der Waals surface area contributed by atoms with E-state index in [4.69, 9.17) is 16.3 Å². The van der Waals surface area contributed by atoms with Crippen molar-refractivity contribution in [1.82, 2.24) is 0 Å². The number of hydrogen-bond donors (Lipinski definition) is 1. The van der Waals surface area contributed by atoms with Crippen molar-refractivity contribution in [3.05, 3.63) is 58.6 Å². The molecule has 0 saturated carbocycles. The molecule has 4 nitrogen and oxygen atoms in total. The molecule has 132 valence electrons. The molecule has 1 amide bonds. The van der Waals surface area contributed by atoms with Crippen LogP contribution in [0.2, 0.25) is 5.02 Å². The van der Waals surface area contributed by atoms with Crippen molar-refractivity contribution in [3.63, 3.8) is 0 Å². The predicted molar refractivity (Wildman–Crippen MR) is 101 cm³/mol. The first-order valence-corrected chi connectivity index (χ1v) is 8.66. The van der Waals surface area contributed by atoms with Crippen LogP contribution in [0.25, 0.3) is 0 Å². The minimum Gasteiger partial charge on any atom is -0.495 e. The number of rotatable bonds is 8. The molecular formula is C20H22ClNO3. The molecule has 0 heterocycles. The number of nitrogens with one attached hydrogen (secondary N) is 1. The zero-order valence-corrected chi connectivity index (χ0v) is 15.2. The van der Waals surface area contributed by atoms with Gasteiger partial charge in [-0.2, -0.15) is 0 Å². The van der Waals surface area contributed by atoms with Crippen molar-refractivity contribution in [3.8, 4) is 5.75 Å². The average Bonchev–Trinajstić information content (AvgIpc) is 2.61. The monoisotopic (exact) mass is 359 g/mol. The fraction of sp³-hybridized carbons (Fsp3) is 0.300. The molecule has 2 aromatic rings. The van der Waals surface area contributed by atoms with Crippen molar-refractivity contribution in [2.45, 2.75) is 32.6 Å². The molecule has 0 aliphatic carbocycles. The van der Waals surface area contributed by atoms with E-state index in [2.05, 4.69) is 12.2 Å². The molecule has 0 atom stereocenters. The second kappa shape index (κ2) is 9.23. The van der Waals surface area contributed by atoms with Crippen molar-refractivity contribution in [2.75, 3.05) is 12.4 Å². The lowest BCUT2D eigenvalue weighted by Crippen LogP contribution is -2.14. The number of ether oxygens (including phenoxy) is 1. The number of methoxy groups -OCH3 is 1. The topological polar surface area (TPSA) is 55.4 Å². The van der Waals surface area contributed by atoms with E-state index in [9.17, 15) is 9.59 Å². The van der Waals surface area contributed by atoms with Gasteiger partial charge in [-0.25, -0.2) is 0 Å². The Kier molecular flexibility index (Phi) is 7.02. The fourth-order valence-electron chi connectivity index (χ4n) is 2.51. The molecule has 0 spiro atoms. The van der Waals surface area contributed by atoms with Gasteiger partial charge in [0.2, 0.25) is 5.91 Å².